The minimum atomic E-state index is -0.160. The Labute approximate surface area is 126 Å². The van der Waals surface area contributed by atoms with E-state index in [0.717, 1.165) is 16.7 Å². The van der Waals surface area contributed by atoms with Crippen molar-refractivity contribution < 1.29 is 0 Å². The molecule has 0 fully saturated rings. The standard InChI is InChI=1S/C15H13ClN4O/c1-20-15(17)13(9-3-2-4-11(16)7-9)14(19-20)10-5-6-12(21)18-8-10/h2-8H,17H2,1H3,(H,18,21). The van der Waals surface area contributed by atoms with Crippen molar-refractivity contribution in [1.29, 1.82) is 0 Å². The van der Waals surface area contributed by atoms with E-state index in [1.807, 2.05) is 18.2 Å². The number of halogens is 1. The molecule has 0 amide bonds. The van der Waals surface area contributed by atoms with Gasteiger partial charge in [-0.15, -0.1) is 0 Å². The van der Waals surface area contributed by atoms with Gasteiger partial charge in [-0.3, -0.25) is 9.48 Å². The normalized spacial score (nSPS) is 10.8. The van der Waals surface area contributed by atoms with Gasteiger partial charge in [0.2, 0.25) is 5.56 Å². The molecule has 6 heteroatoms. The Morgan fingerprint density at radius 3 is 2.71 bits per heavy atom. The molecule has 0 bridgehead atoms. The lowest BCUT2D eigenvalue weighted by Gasteiger charge is -2.04. The number of H-pyrrole nitrogens is 1. The molecule has 1 aromatic carbocycles. The summed E-state index contributed by atoms with van der Waals surface area (Å²) in [4.78, 5) is 13.8. The largest absolute Gasteiger partial charge is 0.383 e. The first-order chi connectivity index (χ1) is 10.1. The minimum Gasteiger partial charge on any atom is -0.383 e. The fourth-order valence-electron chi connectivity index (χ4n) is 2.23. The highest BCUT2D eigenvalue weighted by molar-refractivity contribution is 6.30. The van der Waals surface area contributed by atoms with Crippen LogP contribution >= 0.6 is 11.6 Å². The molecule has 0 radical (unpaired) electrons. The first-order valence-electron chi connectivity index (χ1n) is 6.34. The zero-order valence-electron chi connectivity index (χ0n) is 11.3. The van der Waals surface area contributed by atoms with Crippen molar-refractivity contribution in [3.8, 4) is 22.4 Å². The van der Waals surface area contributed by atoms with Crippen molar-refractivity contribution in [3.63, 3.8) is 0 Å². The summed E-state index contributed by atoms with van der Waals surface area (Å²) < 4.78 is 1.61. The second-order valence-corrected chi connectivity index (χ2v) is 5.12. The predicted octanol–water partition coefficient (Wildman–Crippen LogP) is 2.68. The van der Waals surface area contributed by atoms with Gasteiger partial charge in [-0.2, -0.15) is 5.10 Å². The van der Waals surface area contributed by atoms with Crippen molar-refractivity contribution in [1.82, 2.24) is 14.8 Å². The van der Waals surface area contributed by atoms with Crippen molar-refractivity contribution in [3.05, 3.63) is 58.0 Å². The summed E-state index contributed by atoms with van der Waals surface area (Å²) in [6, 6.07) is 10.6. The lowest BCUT2D eigenvalue weighted by Crippen LogP contribution is -2.01. The molecule has 0 saturated heterocycles. The Bertz CT molecular complexity index is 846. The highest BCUT2D eigenvalue weighted by Crippen LogP contribution is 2.36. The van der Waals surface area contributed by atoms with E-state index < -0.39 is 0 Å². The highest BCUT2D eigenvalue weighted by Gasteiger charge is 2.17. The van der Waals surface area contributed by atoms with Gasteiger partial charge in [0.05, 0.1) is 5.56 Å². The SMILES string of the molecule is Cn1nc(-c2ccc(=O)[nH]c2)c(-c2cccc(Cl)c2)c1N. The molecule has 106 valence electrons. The third-order valence-electron chi connectivity index (χ3n) is 3.26. The Balaban J connectivity index is 2.25. The molecule has 21 heavy (non-hydrogen) atoms. The van der Waals surface area contributed by atoms with Crippen LogP contribution in [0, 0.1) is 0 Å². The molecule has 2 aromatic heterocycles. The number of aromatic amines is 1. The first kappa shape index (κ1) is 13.5. The zero-order valence-corrected chi connectivity index (χ0v) is 12.1. The van der Waals surface area contributed by atoms with Crippen LogP contribution in [0.4, 0.5) is 5.82 Å². The van der Waals surface area contributed by atoms with Gasteiger partial charge in [-0.05, 0) is 23.8 Å². The van der Waals surface area contributed by atoms with Crippen LogP contribution in [0.15, 0.2) is 47.4 Å². The van der Waals surface area contributed by atoms with E-state index >= 15 is 0 Å². The Morgan fingerprint density at radius 2 is 2.05 bits per heavy atom. The third-order valence-corrected chi connectivity index (χ3v) is 3.50. The summed E-state index contributed by atoms with van der Waals surface area (Å²) in [5, 5.41) is 5.07. The van der Waals surface area contributed by atoms with Crippen LogP contribution in [0.1, 0.15) is 0 Å². The minimum absolute atomic E-state index is 0.160. The van der Waals surface area contributed by atoms with E-state index in [2.05, 4.69) is 10.1 Å². The van der Waals surface area contributed by atoms with Crippen LogP contribution < -0.4 is 11.3 Å². The molecule has 0 unspecified atom stereocenters. The van der Waals surface area contributed by atoms with E-state index in [1.54, 1.807) is 30.1 Å². The Hall–Kier alpha value is -2.53. The number of pyridine rings is 1. The van der Waals surface area contributed by atoms with E-state index in [9.17, 15) is 4.79 Å². The molecule has 3 aromatic rings. The maximum absolute atomic E-state index is 11.2. The third kappa shape index (κ3) is 2.43. The highest BCUT2D eigenvalue weighted by atomic mass is 35.5. The number of benzene rings is 1. The maximum atomic E-state index is 11.2. The number of aryl methyl sites for hydroxylation is 1. The topological polar surface area (TPSA) is 76.7 Å². The molecule has 0 aliphatic carbocycles. The molecule has 0 aliphatic rings. The smallest absolute Gasteiger partial charge is 0.247 e. The summed E-state index contributed by atoms with van der Waals surface area (Å²) >= 11 is 6.06. The molecular formula is C15H13ClN4O. The molecule has 0 atom stereocenters. The molecule has 3 N–H and O–H groups in total. The van der Waals surface area contributed by atoms with Crippen LogP contribution in [0.3, 0.4) is 0 Å². The summed E-state index contributed by atoms with van der Waals surface area (Å²) in [6.07, 6.45) is 1.62. The monoisotopic (exact) mass is 300 g/mol. The van der Waals surface area contributed by atoms with Gasteiger partial charge < -0.3 is 10.7 Å². The van der Waals surface area contributed by atoms with Gasteiger partial charge in [0.1, 0.15) is 11.5 Å². The number of nitrogens with two attached hydrogens (primary N) is 1. The number of nitrogen functional groups attached to an aromatic ring is 1. The summed E-state index contributed by atoms with van der Waals surface area (Å²) in [6.45, 7) is 0. The predicted molar refractivity (Wildman–Crippen MR) is 84.1 cm³/mol. The van der Waals surface area contributed by atoms with Gasteiger partial charge in [0.15, 0.2) is 0 Å². The Morgan fingerprint density at radius 1 is 1.24 bits per heavy atom. The lowest BCUT2D eigenvalue weighted by atomic mass is 10.0. The van der Waals surface area contributed by atoms with Crippen LogP contribution in [0.25, 0.3) is 22.4 Å². The zero-order chi connectivity index (χ0) is 15.0. The van der Waals surface area contributed by atoms with Crippen LogP contribution in [0.2, 0.25) is 5.02 Å². The molecule has 3 rings (SSSR count). The van der Waals surface area contributed by atoms with Crippen LogP contribution in [0.5, 0.6) is 0 Å². The van der Waals surface area contributed by atoms with E-state index in [0.29, 0.717) is 16.5 Å². The molecule has 0 spiro atoms. The summed E-state index contributed by atoms with van der Waals surface area (Å²) in [5.41, 5.74) is 9.15. The first-order valence-corrected chi connectivity index (χ1v) is 6.71. The van der Waals surface area contributed by atoms with Crippen molar-refractivity contribution in [2.75, 3.05) is 5.73 Å². The average molecular weight is 301 g/mol. The Kier molecular flexibility index (Phi) is 3.27. The van der Waals surface area contributed by atoms with Gasteiger partial charge >= 0.3 is 0 Å². The van der Waals surface area contributed by atoms with Crippen molar-refractivity contribution in [2.24, 2.45) is 7.05 Å². The van der Waals surface area contributed by atoms with Crippen LogP contribution in [-0.4, -0.2) is 14.8 Å². The van der Waals surface area contributed by atoms with E-state index in [1.165, 1.54) is 6.07 Å². The molecule has 5 nitrogen and oxygen atoms in total. The fraction of sp³-hybridized carbons (Fsp3) is 0.0667. The van der Waals surface area contributed by atoms with Crippen molar-refractivity contribution in [2.45, 2.75) is 0 Å². The number of anilines is 1. The van der Waals surface area contributed by atoms with Gasteiger partial charge in [0.25, 0.3) is 0 Å². The number of nitrogens with one attached hydrogen (secondary N) is 1. The molecule has 2 heterocycles. The van der Waals surface area contributed by atoms with Crippen LogP contribution in [-0.2, 0) is 7.05 Å². The molecular weight excluding hydrogens is 288 g/mol. The summed E-state index contributed by atoms with van der Waals surface area (Å²) in [5.74, 6) is 0.540. The maximum Gasteiger partial charge on any atom is 0.247 e. The number of hydrogen-bond donors (Lipinski definition) is 2. The number of rotatable bonds is 2. The number of nitrogens with zero attached hydrogens (tertiary/aromatic N) is 2. The number of aromatic nitrogens is 3. The van der Waals surface area contributed by atoms with Gasteiger partial charge in [-0.25, -0.2) is 0 Å². The lowest BCUT2D eigenvalue weighted by molar-refractivity contribution is 0.782. The second kappa shape index (κ2) is 5.10. The number of hydrogen-bond acceptors (Lipinski definition) is 3. The van der Waals surface area contributed by atoms with E-state index in [4.69, 9.17) is 17.3 Å². The van der Waals surface area contributed by atoms with E-state index in [-0.39, 0.29) is 5.56 Å². The fourth-order valence-corrected chi connectivity index (χ4v) is 2.42. The summed E-state index contributed by atoms with van der Waals surface area (Å²) in [7, 11) is 1.78. The average Bonchev–Trinajstić information content (AvgIpc) is 2.76. The van der Waals surface area contributed by atoms with Gasteiger partial charge in [0, 0.05) is 29.9 Å². The van der Waals surface area contributed by atoms with Gasteiger partial charge in [-0.1, -0.05) is 23.7 Å². The molecule has 0 saturated carbocycles. The molecule has 0 aliphatic heterocycles. The van der Waals surface area contributed by atoms with Crippen molar-refractivity contribution >= 4 is 17.4 Å². The quantitative estimate of drug-likeness (QED) is 0.764. The second-order valence-electron chi connectivity index (χ2n) is 4.68.